The van der Waals surface area contributed by atoms with E-state index in [1.807, 2.05) is 0 Å². The summed E-state index contributed by atoms with van der Waals surface area (Å²) >= 11 is 0. The fourth-order valence-corrected chi connectivity index (χ4v) is 1.76. The number of benzene rings is 1. The molecule has 100 valence electrons. The summed E-state index contributed by atoms with van der Waals surface area (Å²) < 4.78 is 23.3. The zero-order chi connectivity index (χ0) is 13.9. The van der Waals surface area contributed by atoms with Gasteiger partial charge in [0.2, 0.25) is 0 Å². The minimum Gasteiger partial charge on any atom is -0.493 e. The first kappa shape index (κ1) is 14.4. The van der Waals surface area contributed by atoms with Gasteiger partial charge in [0.15, 0.2) is 11.6 Å². The van der Waals surface area contributed by atoms with E-state index in [0.29, 0.717) is 5.56 Å². The van der Waals surface area contributed by atoms with E-state index < -0.39 is 23.2 Å². The first-order valence-electron chi connectivity index (χ1n) is 5.52. The lowest BCUT2D eigenvalue weighted by molar-refractivity contribution is -0.152. The van der Waals surface area contributed by atoms with Crippen LogP contribution in [0.5, 0.6) is 5.75 Å². The zero-order valence-electron chi connectivity index (χ0n) is 11.0. The largest absolute Gasteiger partial charge is 0.493 e. The third kappa shape index (κ3) is 2.46. The predicted octanol–water partition coefficient (Wildman–Crippen LogP) is 2.03. The third-order valence-electron chi connectivity index (χ3n) is 3.03. The average Bonchev–Trinajstić information content (AvgIpc) is 2.36. The van der Waals surface area contributed by atoms with Gasteiger partial charge in [0.25, 0.3) is 0 Å². The van der Waals surface area contributed by atoms with Crippen molar-refractivity contribution in [1.82, 2.24) is 0 Å². The molecule has 0 unspecified atom stereocenters. The normalized spacial score (nSPS) is 13.0. The molecule has 1 aromatic carbocycles. The van der Waals surface area contributed by atoms with Crippen molar-refractivity contribution >= 4 is 5.97 Å². The molecule has 0 saturated heterocycles. The number of ether oxygens (including phenoxy) is 2. The van der Waals surface area contributed by atoms with Gasteiger partial charge in [-0.1, -0.05) is 12.1 Å². The monoisotopic (exact) mass is 255 g/mol. The van der Waals surface area contributed by atoms with E-state index in [1.54, 1.807) is 19.9 Å². The SMILES string of the molecule is COC(=O)C(C)(C)[C@H](N)c1cccc(F)c1OC. The maximum absolute atomic E-state index is 13.6. The standard InChI is InChI=1S/C13H18FNO3/c1-13(2,12(16)18-4)11(15)8-6-5-7-9(14)10(8)17-3/h5-7,11H,15H2,1-4H3/t11-/m1/s1. The number of nitrogens with two attached hydrogens (primary N) is 1. The molecule has 0 aliphatic carbocycles. The molecular weight excluding hydrogens is 237 g/mol. The van der Waals surface area contributed by atoms with E-state index in [-0.39, 0.29) is 5.75 Å². The molecule has 0 spiro atoms. The van der Waals surface area contributed by atoms with Crippen LogP contribution in [0.1, 0.15) is 25.5 Å². The summed E-state index contributed by atoms with van der Waals surface area (Å²) in [5.74, 6) is -0.908. The Bertz CT molecular complexity index is 446. The van der Waals surface area contributed by atoms with Crippen LogP contribution < -0.4 is 10.5 Å². The van der Waals surface area contributed by atoms with Crippen LogP contribution in [0.15, 0.2) is 18.2 Å². The maximum atomic E-state index is 13.6. The van der Waals surface area contributed by atoms with Gasteiger partial charge in [0.1, 0.15) is 0 Å². The molecule has 0 bridgehead atoms. The number of rotatable bonds is 4. The summed E-state index contributed by atoms with van der Waals surface area (Å²) in [6.45, 7) is 3.29. The highest BCUT2D eigenvalue weighted by atomic mass is 19.1. The molecular formula is C13H18FNO3. The van der Waals surface area contributed by atoms with Gasteiger partial charge < -0.3 is 15.2 Å². The van der Waals surface area contributed by atoms with Crippen molar-refractivity contribution in [3.8, 4) is 5.75 Å². The number of carbonyl (C=O) groups is 1. The molecule has 0 fully saturated rings. The number of hydrogen-bond donors (Lipinski definition) is 1. The van der Waals surface area contributed by atoms with E-state index in [9.17, 15) is 9.18 Å². The van der Waals surface area contributed by atoms with Crippen LogP contribution in [0.3, 0.4) is 0 Å². The Labute approximate surface area is 106 Å². The molecule has 18 heavy (non-hydrogen) atoms. The molecule has 1 rings (SSSR count). The Morgan fingerprint density at radius 2 is 2.00 bits per heavy atom. The average molecular weight is 255 g/mol. The summed E-state index contributed by atoms with van der Waals surface area (Å²) in [7, 11) is 2.65. The quantitative estimate of drug-likeness (QED) is 0.836. The lowest BCUT2D eigenvalue weighted by Gasteiger charge is -2.29. The van der Waals surface area contributed by atoms with Gasteiger partial charge in [0, 0.05) is 11.6 Å². The first-order chi connectivity index (χ1) is 8.36. The number of para-hydroxylation sites is 1. The summed E-state index contributed by atoms with van der Waals surface area (Å²) in [5, 5.41) is 0. The van der Waals surface area contributed by atoms with Gasteiger partial charge in [-0.05, 0) is 19.9 Å². The van der Waals surface area contributed by atoms with Gasteiger partial charge in [-0.15, -0.1) is 0 Å². The predicted molar refractivity (Wildman–Crippen MR) is 65.7 cm³/mol. The van der Waals surface area contributed by atoms with Gasteiger partial charge in [-0.25, -0.2) is 4.39 Å². The number of halogens is 1. The molecule has 0 heterocycles. The number of methoxy groups -OCH3 is 2. The lowest BCUT2D eigenvalue weighted by Crippen LogP contribution is -2.37. The van der Waals surface area contributed by atoms with Crippen LogP contribution >= 0.6 is 0 Å². The van der Waals surface area contributed by atoms with Gasteiger partial charge in [0.05, 0.1) is 19.6 Å². The molecule has 2 N–H and O–H groups in total. The Morgan fingerprint density at radius 3 is 2.50 bits per heavy atom. The van der Waals surface area contributed by atoms with Crippen molar-refractivity contribution in [2.45, 2.75) is 19.9 Å². The Hall–Kier alpha value is -1.62. The van der Waals surface area contributed by atoms with E-state index >= 15 is 0 Å². The van der Waals surface area contributed by atoms with Gasteiger partial charge in [-0.2, -0.15) is 0 Å². The van der Waals surface area contributed by atoms with Crippen LogP contribution in [-0.2, 0) is 9.53 Å². The van der Waals surface area contributed by atoms with Crippen molar-refractivity contribution in [2.75, 3.05) is 14.2 Å². The van der Waals surface area contributed by atoms with Gasteiger partial charge in [-0.3, -0.25) is 4.79 Å². The molecule has 0 aromatic heterocycles. The van der Waals surface area contributed by atoms with Gasteiger partial charge >= 0.3 is 5.97 Å². The van der Waals surface area contributed by atoms with Crippen molar-refractivity contribution in [2.24, 2.45) is 11.1 Å². The second-order valence-corrected chi connectivity index (χ2v) is 4.55. The fourth-order valence-electron chi connectivity index (χ4n) is 1.76. The highest BCUT2D eigenvalue weighted by molar-refractivity contribution is 5.77. The smallest absolute Gasteiger partial charge is 0.313 e. The number of hydrogen-bond acceptors (Lipinski definition) is 4. The van der Waals surface area contributed by atoms with Crippen LogP contribution in [-0.4, -0.2) is 20.2 Å². The van der Waals surface area contributed by atoms with Crippen molar-refractivity contribution in [3.05, 3.63) is 29.6 Å². The Balaban J connectivity index is 3.22. The minimum absolute atomic E-state index is 0.0574. The molecule has 5 heteroatoms. The summed E-state index contributed by atoms with van der Waals surface area (Å²) in [4.78, 5) is 11.7. The van der Waals surface area contributed by atoms with Crippen LogP contribution in [0, 0.1) is 11.2 Å². The Morgan fingerprint density at radius 1 is 1.39 bits per heavy atom. The van der Waals surface area contributed by atoms with E-state index in [1.165, 1.54) is 26.4 Å². The summed E-state index contributed by atoms with van der Waals surface area (Å²) in [6, 6.07) is 3.72. The minimum atomic E-state index is -0.976. The van der Waals surface area contributed by atoms with Crippen LogP contribution in [0.4, 0.5) is 4.39 Å². The molecule has 1 aromatic rings. The van der Waals surface area contributed by atoms with Crippen molar-refractivity contribution in [1.29, 1.82) is 0 Å². The van der Waals surface area contributed by atoms with Crippen molar-refractivity contribution in [3.63, 3.8) is 0 Å². The highest BCUT2D eigenvalue weighted by Gasteiger charge is 2.38. The topological polar surface area (TPSA) is 61.5 Å². The zero-order valence-corrected chi connectivity index (χ0v) is 11.0. The lowest BCUT2D eigenvalue weighted by atomic mass is 9.80. The molecule has 0 amide bonds. The molecule has 4 nitrogen and oxygen atoms in total. The third-order valence-corrected chi connectivity index (χ3v) is 3.03. The Kier molecular flexibility index (Phi) is 4.29. The summed E-state index contributed by atoms with van der Waals surface area (Å²) in [6.07, 6.45) is 0. The summed E-state index contributed by atoms with van der Waals surface area (Å²) in [5.41, 5.74) is 5.51. The fraction of sp³-hybridized carbons (Fsp3) is 0.462. The van der Waals surface area contributed by atoms with Crippen LogP contribution in [0.2, 0.25) is 0 Å². The number of carbonyl (C=O) groups excluding carboxylic acids is 1. The molecule has 0 aliphatic heterocycles. The van der Waals surface area contributed by atoms with Crippen LogP contribution in [0.25, 0.3) is 0 Å². The molecule has 0 aliphatic rings. The second-order valence-electron chi connectivity index (χ2n) is 4.55. The number of esters is 1. The van der Waals surface area contributed by atoms with E-state index in [0.717, 1.165) is 0 Å². The molecule has 0 saturated carbocycles. The molecule has 1 atom stereocenters. The molecule has 0 radical (unpaired) electrons. The first-order valence-corrected chi connectivity index (χ1v) is 5.52. The maximum Gasteiger partial charge on any atom is 0.313 e. The van der Waals surface area contributed by atoms with E-state index in [2.05, 4.69) is 0 Å². The van der Waals surface area contributed by atoms with Crippen molar-refractivity contribution < 1.29 is 18.7 Å². The van der Waals surface area contributed by atoms with E-state index in [4.69, 9.17) is 15.2 Å². The highest BCUT2D eigenvalue weighted by Crippen LogP contribution is 2.37. The second kappa shape index (κ2) is 5.35.